The van der Waals surface area contributed by atoms with Gasteiger partial charge in [0.25, 0.3) is 11.5 Å². The number of aromatic hydroxyl groups is 1. The fourth-order valence-corrected chi connectivity index (χ4v) is 2.91. The van der Waals surface area contributed by atoms with Crippen molar-refractivity contribution in [2.24, 2.45) is 0 Å². The number of rotatable bonds is 0. The fourth-order valence-electron chi connectivity index (χ4n) is 2.91. The third-order valence-electron chi connectivity index (χ3n) is 4.00. The smallest absolute Gasteiger partial charge is 0.266 e. The molecule has 0 bridgehead atoms. The normalized spacial score (nSPS) is 16.4. The number of benzene rings is 2. The molecule has 0 saturated carbocycles. The Bertz CT molecular complexity index is 1020. The maximum absolute atomic E-state index is 12.9. The summed E-state index contributed by atoms with van der Waals surface area (Å²) in [5, 5.41) is 13.0. The average Bonchev–Trinajstić information content (AvgIpc) is 2.64. The van der Waals surface area contributed by atoms with Gasteiger partial charge in [-0.1, -0.05) is 12.1 Å². The number of hydrogen-bond acceptors (Lipinski definition) is 4. The van der Waals surface area contributed by atoms with Crippen LogP contribution in [0.25, 0.3) is 16.6 Å². The first kappa shape index (κ1) is 13.5. The number of phenolic OH excluding ortho intramolecular Hbond substituents is 1. The third-order valence-corrected chi connectivity index (χ3v) is 4.00. The molecule has 3 aromatic rings. The molecular weight excluding hydrogens is 294 g/mol. The molecule has 0 fully saturated rings. The van der Waals surface area contributed by atoms with Crippen LogP contribution in [0.3, 0.4) is 0 Å². The molecule has 1 aliphatic rings. The van der Waals surface area contributed by atoms with E-state index >= 15 is 0 Å². The minimum atomic E-state index is -0.436. The van der Waals surface area contributed by atoms with Gasteiger partial charge in [0.1, 0.15) is 11.6 Å². The van der Waals surface area contributed by atoms with E-state index in [1.807, 2.05) is 6.07 Å². The van der Waals surface area contributed by atoms with Crippen LogP contribution in [0, 0.1) is 0 Å². The summed E-state index contributed by atoms with van der Waals surface area (Å²) in [5.74, 6) is 0.0839. The molecule has 2 N–H and O–H groups in total. The monoisotopic (exact) mass is 307 g/mol. The fraction of sp³-hybridized carbons (Fsp3) is 0.118. The van der Waals surface area contributed by atoms with E-state index in [0.717, 1.165) is 0 Å². The topological polar surface area (TPSA) is 84.2 Å². The number of carbonyl (C=O) groups excluding carboxylic acids is 1. The highest BCUT2D eigenvalue weighted by atomic mass is 16.3. The second-order valence-electron chi connectivity index (χ2n) is 5.52. The lowest BCUT2D eigenvalue weighted by atomic mass is 10.1. The number of nitrogens with zero attached hydrogens (tertiary/aromatic N) is 2. The van der Waals surface area contributed by atoms with E-state index < -0.39 is 6.04 Å². The molecule has 6 heteroatoms. The molecule has 0 saturated heterocycles. The van der Waals surface area contributed by atoms with Crippen LogP contribution in [0.1, 0.15) is 29.1 Å². The maximum atomic E-state index is 12.9. The van der Waals surface area contributed by atoms with Crippen molar-refractivity contribution in [2.45, 2.75) is 13.0 Å². The van der Waals surface area contributed by atoms with Crippen molar-refractivity contribution in [1.29, 1.82) is 0 Å². The van der Waals surface area contributed by atoms with Crippen molar-refractivity contribution in [3.63, 3.8) is 0 Å². The Morgan fingerprint density at radius 1 is 1.17 bits per heavy atom. The van der Waals surface area contributed by atoms with E-state index in [1.165, 1.54) is 16.7 Å². The van der Waals surface area contributed by atoms with E-state index in [1.54, 1.807) is 31.2 Å². The highest BCUT2D eigenvalue weighted by molar-refractivity contribution is 5.99. The van der Waals surface area contributed by atoms with Crippen molar-refractivity contribution in [3.05, 3.63) is 64.2 Å². The van der Waals surface area contributed by atoms with Crippen molar-refractivity contribution >= 4 is 16.8 Å². The molecule has 6 nitrogen and oxygen atoms in total. The van der Waals surface area contributed by atoms with Crippen LogP contribution in [0.5, 0.6) is 5.75 Å². The first-order valence-electron chi connectivity index (χ1n) is 7.22. The molecule has 114 valence electrons. The third kappa shape index (κ3) is 1.92. The second-order valence-corrected chi connectivity index (χ2v) is 5.52. The molecule has 23 heavy (non-hydrogen) atoms. The predicted molar refractivity (Wildman–Crippen MR) is 84.9 cm³/mol. The minimum absolute atomic E-state index is 0.0307. The van der Waals surface area contributed by atoms with Crippen LogP contribution >= 0.6 is 0 Å². The standard InChI is InChI=1S/C17H13N3O3/c1-9-15-19-13-5-3-2-4-11(13)17(23)20(15)14-7-6-10(21)8-12(14)16(22)18-9/h2-9,21H,1H3,(H,18,22)/t9-/m0/s1. The van der Waals surface area contributed by atoms with Gasteiger partial charge in [0, 0.05) is 0 Å². The van der Waals surface area contributed by atoms with Gasteiger partial charge in [0.2, 0.25) is 0 Å². The summed E-state index contributed by atoms with van der Waals surface area (Å²) in [5.41, 5.74) is 1.02. The number of hydrogen-bond donors (Lipinski definition) is 2. The lowest BCUT2D eigenvalue weighted by molar-refractivity contribution is 0.0941. The molecule has 1 aromatic heterocycles. The van der Waals surface area contributed by atoms with Gasteiger partial charge in [-0.05, 0) is 37.3 Å². The summed E-state index contributed by atoms with van der Waals surface area (Å²) in [6.45, 7) is 1.77. The predicted octanol–water partition coefficient (Wildman–Crippen LogP) is 1.90. The zero-order chi connectivity index (χ0) is 16.1. The van der Waals surface area contributed by atoms with Gasteiger partial charge in [-0.3, -0.25) is 14.2 Å². The molecule has 0 aliphatic carbocycles. The molecule has 1 atom stereocenters. The Balaban J connectivity index is 2.18. The number of carbonyl (C=O) groups is 1. The highest BCUT2D eigenvalue weighted by Crippen LogP contribution is 2.26. The molecule has 2 aromatic carbocycles. The van der Waals surface area contributed by atoms with Gasteiger partial charge in [0.15, 0.2) is 0 Å². The van der Waals surface area contributed by atoms with Gasteiger partial charge in [-0.2, -0.15) is 0 Å². The van der Waals surface area contributed by atoms with Crippen LogP contribution in [0.15, 0.2) is 47.3 Å². The molecule has 0 radical (unpaired) electrons. The minimum Gasteiger partial charge on any atom is -0.508 e. The zero-order valence-electron chi connectivity index (χ0n) is 12.3. The molecule has 0 spiro atoms. The van der Waals surface area contributed by atoms with E-state index in [4.69, 9.17) is 0 Å². The summed E-state index contributed by atoms with van der Waals surface area (Å²) in [4.78, 5) is 29.9. The lowest BCUT2D eigenvalue weighted by Gasteiger charge is -2.15. The van der Waals surface area contributed by atoms with Crippen molar-refractivity contribution < 1.29 is 9.90 Å². The van der Waals surface area contributed by atoms with Gasteiger partial charge in [-0.15, -0.1) is 0 Å². The van der Waals surface area contributed by atoms with Gasteiger partial charge < -0.3 is 10.4 Å². The number of nitrogens with one attached hydrogen (secondary N) is 1. The van der Waals surface area contributed by atoms with Crippen LogP contribution < -0.4 is 10.9 Å². The molecule has 0 unspecified atom stereocenters. The van der Waals surface area contributed by atoms with Gasteiger partial charge >= 0.3 is 0 Å². The summed E-state index contributed by atoms with van der Waals surface area (Å²) in [6, 6.07) is 11.0. The summed E-state index contributed by atoms with van der Waals surface area (Å²) >= 11 is 0. The molecule has 1 aliphatic heterocycles. The van der Waals surface area contributed by atoms with Crippen LogP contribution in [0.2, 0.25) is 0 Å². The van der Waals surface area contributed by atoms with E-state index in [-0.39, 0.29) is 22.8 Å². The van der Waals surface area contributed by atoms with E-state index in [2.05, 4.69) is 10.3 Å². The Hall–Kier alpha value is -3.15. The van der Waals surface area contributed by atoms with Crippen molar-refractivity contribution in [2.75, 3.05) is 0 Å². The van der Waals surface area contributed by atoms with Crippen molar-refractivity contribution in [3.8, 4) is 11.4 Å². The highest BCUT2D eigenvalue weighted by Gasteiger charge is 2.27. The second kappa shape index (κ2) is 4.67. The first-order valence-corrected chi connectivity index (χ1v) is 7.22. The summed E-state index contributed by atoms with van der Waals surface area (Å²) in [6.07, 6.45) is 0. The number of phenols is 1. The van der Waals surface area contributed by atoms with Gasteiger partial charge in [0.05, 0.1) is 28.2 Å². The molecule has 4 rings (SSSR count). The Morgan fingerprint density at radius 3 is 2.78 bits per heavy atom. The first-order chi connectivity index (χ1) is 11.1. The molecule has 2 heterocycles. The van der Waals surface area contributed by atoms with Crippen LogP contribution in [-0.4, -0.2) is 20.6 Å². The molecule has 1 amide bonds. The van der Waals surface area contributed by atoms with E-state index in [9.17, 15) is 14.7 Å². The number of aromatic nitrogens is 2. The van der Waals surface area contributed by atoms with Crippen molar-refractivity contribution in [1.82, 2.24) is 14.9 Å². The molecular formula is C17H13N3O3. The Kier molecular flexibility index (Phi) is 2.74. The van der Waals surface area contributed by atoms with Gasteiger partial charge in [-0.25, -0.2) is 4.98 Å². The quantitative estimate of drug-likeness (QED) is 0.664. The average molecular weight is 307 g/mol. The zero-order valence-corrected chi connectivity index (χ0v) is 12.3. The van der Waals surface area contributed by atoms with Crippen LogP contribution in [0.4, 0.5) is 0 Å². The SMILES string of the molecule is C[C@@H]1NC(=O)c2cc(O)ccc2-n2c1nc1ccccc1c2=O. The number of fused-ring (bicyclic) bond motifs is 4. The largest absolute Gasteiger partial charge is 0.508 e. The summed E-state index contributed by atoms with van der Waals surface area (Å²) in [7, 11) is 0. The maximum Gasteiger partial charge on any atom is 0.266 e. The lowest BCUT2D eigenvalue weighted by Crippen LogP contribution is -2.28. The Labute approximate surface area is 131 Å². The number of amides is 1. The Morgan fingerprint density at radius 2 is 1.96 bits per heavy atom. The number of para-hydroxylation sites is 1. The summed E-state index contributed by atoms with van der Waals surface area (Å²) < 4.78 is 1.44. The van der Waals surface area contributed by atoms with Crippen LogP contribution in [-0.2, 0) is 0 Å². The van der Waals surface area contributed by atoms with E-state index in [0.29, 0.717) is 22.4 Å².